The largest absolute Gasteiger partial charge is 0.397 e. The van der Waals surface area contributed by atoms with Gasteiger partial charge in [-0.05, 0) is 30.5 Å². The Hall–Kier alpha value is -0.780. The summed E-state index contributed by atoms with van der Waals surface area (Å²) in [6, 6.07) is 4.36. The van der Waals surface area contributed by atoms with E-state index >= 15 is 0 Å². The summed E-state index contributed by atoms with van der Waals surface area (Å²) in [7, 11) is -1.91. The minimum atomic E-state index is -3.48. The van der Waals surface area contributed by atoms with Crippen LogP contribution in [-0.2, 0) is 10.0 Å². The zero-order valence-corrected chi connectivity index (χ0v) is 12.4. The molecule has 0 heterocycles. The fourth-order valence-corrected chi connectivity index (χ4v) is 2.76. The summed E-state index contributed by atoms with van der Waals surface area (Å²) in [5, 5.41) is 0.360. The molecule has 1 rings (SSSR count). The monoisotopic (exact) mass is 290 g/mol. The molecule has 102 valence electrons. The summed E-state index contributed by atoms with van der Waals surface area (Å²) in [6.45, 7) is 4.60. The molecule has 1 aromatic rings. The van der Waals surface area contributed by atoms with Crippen molar-refractivity contribution in [2.75, 3.05) is 19.3 Å². The van der Waals surface area contributed by atoms with Gasteiger partial charge in [0, 0.05) is 13.6 Å². The summed E-state index contributed by atoms with van der Waals surface area (Å²) in [5.74, 6) is 0.456. The number of anilines is 1. The molecule has 0 atom stereocenters. The van der Waals surface area contributed by atoms with E-state index in [0.717, 1.165) is 6.42 Å². The molecule has 0 aromatic heterocycles. The van der Waals surface area contributed by atoms with E-state index in [9.17, 15) is 8.42 Å². The molecule has 6 heteroatoms. The predicted octanol–water partition coefficient (Wildman–Crippen LogP) is 2.59. The van der Waals surface area contributed by atoms with Crippen LogP contribution in [0.15, 0.2) is 23.1 Å². The van der Waals surface area contributed by atoms with Crippen LogP contribution in [0.4, 0.5) is 5.69 Å². The van der Waals surface area contributed by atoms with Gasteiger partial charge in [-0.25, -0.2) is 12.7 Å². The van der Waals surface area contributed by atoms with E-state index in [4.69, 9.17) is 17.3 Å². The number of nitrogens with zero attached hydrogens (tertiary/aromatic N) is 1. The summed E-state index contributed by atoms with van der Waals surface area (Å²) >= 11 is 5.78. The SMILES string of the molecule is CC(C)CCN(C)S(=O)(=O)c1ccc(Cl)c(N)c1. The summed E-state index contributed by atoms with van der Waals surface area (Å²) in [6.07, 6.45) is 0.818. The third-order valence-electron chi connectivity index (χ3n) is 2.70. The van der Waals surface area contributed by atoms with Crippen LogP contribution in [0.1, 0.15) is 20.3 Å². The van der Waals surface area contributed by atoms with Gasteiger partial charge < -0.3 is 5.73 Å². The molecule has 0 unspecified atom stereocenters. The summed E-state index contributed by atoms with van der Waals surface area (Å²) < 4.78 is 25.8. The van der Waals surface area contributed by atoms with Crippen LogP contribution in [0.25, 0.3) is 0 Å². The lowest BCUT2D eigenvalue weighted by molar-refractivity contribution is 0.428. The van der Waals surface area contributed by atoms with Crippen LogP contribution in [-0.4, -0.2) is 26.3 Å². The van der Waals surface area contributed by atoms with Crippen molar-refractivity contribution in [1.82, 2.24) is 4.31 Å². The third kappa shape index (κ3) is 3.60. The Balaban J connectivity index is 2.95. The van der Waals surface area contributed by atoms with Crippen LogP contribution >= 0.6 is 11.6 Å². The molecule has 2 N–H and O–H groups in total. The fraction of sp³-hybridized carbons (Fsp3) is 0.500. The maximum Gasteiger partial charge on any atom is 0.242 e. The first kappa shape index (κ1) is 15.3. The van der Waals surface area contributed by atoms with Crippen molar-refractivity contribution in [3.63, 3.8) is 0 Å². The Morgan fingerprint density at radius 1 is 1.39 bits per heavy atom. The molecule has 0 aliphatic heterocycles. The highest BCUT2D eigenvalue weighted by Crippen LogP contribution is 2.24. The van der Waals surface area contributed by atoms with Gasteiger partial charge in [0.25, 0.3) is 0 Å². The Kier molecular flexibility index (Phi) is 5.01. The molecule has 0 bridgehead atoms. The number of rotatable bonds is 5. The molecule has 0 amide bonds. The molecule has 0 spiro atoms. The van der Waals surface area contributed by atoms with E-state index < -0.39 is 10.0 Å². The highest BCUT2D eigenvalue weighted by atomic mass is 35.5. The number of hydrogen-bond donors (Lipinski definition) is 1. The van der Waals surface area contributed by atoms with Crippen LogP contribution in [0, 0.1) is 5.92 Å². The summed E-state index contributed by atoms with van der Waals surface area (Å²) in [5.41, 5.74) is 5.90. The Morgan fingerprint density at radius 3 is 2.50 bits per heavy atom. The quantitative estimate of drug-likeness (QED) is 0.848. The highest BCUT2D eigenvalue weighted by Gasteiger charge is 2.21. The van der Waals surface area contributed by atoms with Gasteiger partial charge >= 0.3 is 0 Å². The van der Waals surface area contributed by atoms with Crippen LogP contribution in [0.2, 0.25) is 5.02 Å². The van der Waals surface area contributed by atoms with Crippen molar-refractivity contribution in [1.29, 1.82) is 0 Å². The molecule has 4 nitrogen and oxygen atoms in total. The van der Waals surface area contributed by atoms with E-state index in [0.29, 0.717) is 17.5 Å². The van der Waals surface area contributed by atoms with Gasteiger partial charge in [-0.1, -0.05) is 25.4 Å². The maximum atomic E-state index is 12.2. The number of nitrogens with two attached hydrogens (primary N) is 1. The average Bonchev–Trinajstić information content (AvgIpc) is 2.29. The second-order valence-electron chi connectivity index (χ2n) is 4.69. The first-order valence-electron chi connectivity index (χ1n) is 5.76. The molecule has 18 heavy (non-hydrogen) atoms. The molecule has 0 saturated heterocycles. The van der Waals surface area contributed by atoms with Crippen LogP contribution in [0.5, 0.6) is 0 Å². The highest BCUT2D eigenvalue weighted by molar-refractivity contribution is 7.89. The van der Waals surface area contributed by atoms with Crippen molar-refractivity contribution in [3.05, 3.63) is 23.2 Å². The first-order chi connectivity index (χ1) is 8.25. The minimum Gasteiger partial charge on any atom is -0.397 e. The van der Waals surface area contributed by atoms with Gasteiger partial charge in [-0.3, -0.25) is 0 Å². The van der Waals surface area contributed by atoms with Crippen molar-refractivity contribution in [2.45, 2.75) is 25.2 Å². The number of nitrogen functional groups attached to an aromatic ring is 1. The molecule has 0 aliphatic rings. The smallest absolute Gasteiger partial charge is 0.242 e. The van der Waals surface area contributed by atoms with E-state index in [1.54, 1.807) is 7.05 Å². The number of hydrogen-bond acceptors (Lipinski definition) is 3. The second kappa shape index (κ2) is 5.91. The lowest BCUT2D eigenvalue weighted by atomic mass is 10.1. The molecular formula is C12H19ClN2O2S. The van der Waals surface area contributed by atoms with Gasteiger partial charge in [-0.2, -0.15) is 0 Å². The predicted molar refractivity (Wildman–Crippen MR) is 75.1 cm³/mol. The summed E-state index contributed by atoms with van der Waals surface area (Å²) in [4.78, 5) is 0.177. The van der Waals surface area contributed by atoms with E-state index in [1.165, 1.54) is 22.5 Å². The van der Waals surface area contributed by atoms with Gasteiger partial charge in [0.1, 0.15) is 0 Å². The first-order valence-corrected chi connectivity index (χ1v) is 7.58. The average molecular weight is 291 g/mol. The van der Waals surface area contributed by atoms with Crippen molar-refractivity contribution in [2.24, 2.45) is 5.92 Å². The van der Waals surface area contributed by atoms with Crippen LogP contribution < -0.4 is 5.73 Å². The molecule has 0 aliphatic carbocycles. The normalized spacial score (nSPS) is 12.3. The molecule has 0 fully saturated rings. The second-order valence-corrected chi connectivity index (χ2v) is 7.14. The molecular weight excluding hydrogens is 272 g/mol. The van der Waals surface area contributed by atoms with Crippen molar-refractivity contribution < 1.29 is 8.42 Å². The van der Waals surface area contributed by atoms with Gasteiger partial charge in [0.05, 0.1) is 15.6 Å². The Bertz CT molecular complexity index is 515. The van der Waals surface area contributed by atoms with Crippen LogP contribution in [0.3, 0.4) is 0 Å². The van der Waals surface area contributed by atoms with Gasteiger partial charge in [0.15, 0.2) is 0 Å². The molecule has 1 aromatic carbocycles. The molecule has 0 radical (unpaired) electrons. The lowest BCUT2D eigenvalue weighted by Gasteiger charge is -2.18. The molecule has 0 saturated carbocycles. The van der Waals surface area contributed by atoms with Gasteiger partial charge in [0.2, 0.25) is 10.0 Å². The standard InChI is InChI=1S/C12H19ClN2O2S/c1-9(2)6-7-15(3)18(16,17)10-4-5-11(13)12(14)8-10/h4-5,8-9H,6-7,14H2,1-3H3. The van der Waals surface area contributed by atoms with Gasteiger partial charge in [-0.15, -0.1) is 0 Å². The van der Waals surface area contributed by atoms with Crippen molar-refractivity contribution >= 4 is 27.3 Å². The maximum absolute atomic E-state index is 12.2. The number of halogens is 1. The Morgan fingerprint density at radius 2 is 2.00 bits per heavy atom. The third-order valence-corrected chi connectivity index (χ3v) is 4.89. The Labute approximate surface area is 114 Å². The van der Waals surface area contributed by atoms with E-state index in [1.807, 2.05) is 0 Å². The number of benzene rings is 1. The van der Waals surface area contributed by atoms with E-state index in [-0.39, 0.29) is 10.6 Å². The number of sulfonamides is 1. The fourth-order valence-electron chi connectivity index (χ4n) is 1.42. The zero-order chi connectivity index (χ0) is 13.9. The lowest BCUT2D eigenvalue weighted by Crippen LogP contribution is -2.28. The zero-order valence-electron chi connectivity index (χ0n) is 10.9. The minimum absolute atomic E-state index is 0.177. The van der Waals surface area contributed by atoms with E-state index in [2.05, 4.69) is 13.8 Å². The van der Waals surface area contributed by atoms with Crippen molar-refractivity contribution in [3.8, 4) is 0 Å². The topological polar surface area (TPSA) is 63.4 Å².